The number of nitrogens with two attached hydrogens (primary N) is 2. The van der Waals surface area contributed by atoms with Crippen LogP contribution in [0.3, 0.4) is 0 Å². The van der Waals surface area contributed by atoms with E-state index in [9.17, 15) is 0 Å². The second kappa shape index (κ2) is 3.76. The number of rotatable bonds is 2. The number of nitrogen functional groups attached to an aromatic ring is 1. The summed E-state index contributed by atoms with van der Waals surface area (Å²) in [4.78, 5) is 0. The molecule has 0 saturated carbocycles. The standard InChI is InChI=1S/C8H11ClN2O/c9-6-3-1-2-5(8(6)11)7(10)4-12/h1-3,7,12H,4,10-11H2/t7-/m1/s1. The first-order valence-electron chi connectivity index (χ1n) is 3.57. The first-order chi connectivity index (χ1) is 5.66. The zero-order valence-electron chi connectivity index (χ0n) is 6.50. The van der Waals surface area contributed by atoms with Crippen LogP contribution in [0.5, 0.6) is 0 Å². The highest BCUT2D eigenvalue weighted by Crippen LogP contribution is 2.25. The van der Waals surface area contributed by atoms with Crippen molar-refractivity contribution in [2.75, 3.05) is 12.3 Å². The summed E-state index contributed by atoms with van der Waals surface area (Å²) in [7, 11) is 0. The van der Waals surface area contributed by atoms with Gasteiger partial charge in [0.05, 0.1) is 23.4 Å². The maximum atomic E-state index is 8.78. The number of hydrogen-bond donors (Lipinski definition) is 3. The van der Waals surface area contributed by atoms with Crippen molar-refractivity contribution >= 4 is 17.3 Å². The minimum Gasteiger partial charge on any atom is -0.397 e. The Hall–Kier alpha value is -0.770. The van der Waals surface area contributed by atoms with Gasteiger partial charge < -0.3 is 16.6 Å². The topological polar surface area (TPSA) is 72.3 Å². The molecule has 0 aliphatic carbocycles. The summed E-state index contributed by atoms with van der Waals surface area (Å²) in [6.07, 6.45) is 0. The Bertz CT molecular complexity index is 278. The Morgan fingerprint density at radius 2 is 2.17 bits per heavy atom. The van der Waals surface area contributed by atoms with Crippen molar-refractivity contribution in [3.8, 4) is 0 Å². The number of benzene rings is 1. The van der Waals surface area contributed by atoms with Crippen molar-refractivity contribution in [3.05, 3.63) is 28.8 Å². The molecule has 1 aromatic carbocycles. The second-order valence-electron chi connectivity index (χ2n) is 2.53. The minimum absolute atomic E-state index is 0.134. The first kappa shape index (κ1) is 9.32. The highest BCUT2D eigenvalue weighted by atomic mass is 35.5. The van der Waals surface area contributed by atoms with Gasteiger partial charge >= 0.3 is 0 Å². The normalized spacial score (nSPS) is 12.9. The Labute approximate surface area is 75.9 Å². The van der Waals surface area contributed by atoms with E-state index in [0.717, 1.165) is 0 Å². The highest BCUT2D eigenvalue weighted by molar-refractivity contribution is 6.33. The molecule has 5 N–H and O–H groups in total. The van der Waals surface area contributed by atoms with E-state index in [1.807, 2.05) is 0 Å². The SMILES string of the molecule is Nc1c(Cl)cccc1[C@H](N)CO. The quantitative estimate of drug-likeness (QED) is 0.602. The summed E-state index contributed by atoms with van der Waals surface area (Å²) in [5.41, 5.74) is 12.3. The number of aliphatic hydroxyl groups excluding tert-OH is 1. The average molecular weight is 187 g/mol. The van der Waals surface area contributed by atoms with Crippen LogP contribution in [0.25, 0.3) is 0 Å². The van der Waals surface area contributed by atoms with Crippen LogP contribution in [0, 0.1) is 0 Å². The molecule has 0 saturated heterocycles. The molecule has 0 aromatic heterocycles. The molecule has 1 rings (SSSR count). The fourth-order valence-corrected chi connectivity index (χ4v) is 1.16. The number of hydrogen-bond acceptors (Lipinski definition) is 3. The molecule has 0 amide bonds. The third kappa shape index (κ3) is 1.69. The maximum Gasteiger partial charge on any atom is 0.0638 e. The molecule has 1 atom stereocenters. The van der Waals surface area contributed by atoms with Crippen molar-refractivity contribution in [1.82, 2.24) is 0 Å². The molecule has 0 heterocycles. The van der Waals surface area contributed by atoms with Crippen molar-refractivity contribution in [3.63, 3.8) is 0 Å². The van der Waals surface area contributed by atoms with Crippen molar-refractivity contribution in [2.24, 2.45) is 5.73 Å². The van der Waals surface area contributed by atoms with Gasteiger partial charge in [-0.1, -0.05) is 23.7 Å². The van der Waals surface area contributed by atoms with Crippen LogP contribution in [0.15, 0.2) is 18.2 Å². The predicted octanol–water partition coefficient (Wildman–Crippen LogP) is 0.914. The van der Waals surface area contributed by atoms with Gasteiger partial charge in [0.15, 0.2) is 0 Å². The van der Waals surface area contributed by atoms with Gasteiger partial charge in [0, 0.05) is 0 Å². The predicted molar refractivity (Wildman–Crippen MR) is 49.9 cm³/mol. The lowest BCUT2D eigenvalue weighted by atomic mass is 10.1. The largest absolute Gasteiger partial charge is 0.397 e. The Kier molecular flexibility index (Phi) is 2.92. The van der Waals surface area contributed by atoms with Crippen molar-refractivity contribution in [1.29, 1.82) is 0 Å². The Balaban J connectivity index is 3.07. The third-order valence-corrected chi connectivity index (χ3v) is 2.01. The third-order valence-electron chi connectivity index (χ3n) is 1.68. The van der Waals surface area contributed by atoms with Crippen molar-refractivity contribution in [2.45, 2.75) is 6.04 Å². The van der Waals surface area contributed by atoms with Gasteiger partial charge in [-0.25, -0.2) is 0 Å². The zero-order chi connectivity index (χ0) is 9.14. The molecule has 0 fully saturated rings. The highest BCUT2D eigenvalue weighted by Gasteiger charge is 2.09. The van der Waals surface area contributed by atoms with Gasteiger partial charge in [0.1, 0.15) is 0 Å². The molecule has 0 radical (unpaired) electrons. The summed E-state index contributed by atoms with van der Waals surface area (Å²) in [6, 6.07) is 4.74. The van der Waals surface area contributed by atoms with E-state index in [4.69, 9.17) is 28.2 Å². The molecule has 0 spiro atoms. The van der Waals surface area contributed by atoms with Crippen LogP contribution in [-0.4, -0.2) is 11.7 Å². The molecule has 12 heavy (non-hydrogen) atoms. The maximum absolute atomic E-state index is 8.78. The molecule has 66 valence electrons. The molecule has 0 aliphatic heterocycles. The summed E-state index contributed by atoms with van der Waals surface area (Å²) in [5.74, 6) is 0. The van der Waals surface area contributed by atoms with E-state index < -0.39 is 6.04 Å². The average Bonchev–Trinajstić information content (AvgIpc) is 2.08. The van der Waals surface area contributed by atoms with E-state index in [-0.39, 0.29) is 6.61 Å². The molecule has 4 heteroatoms. The monoisotopic (exact) mass is 186 g/mol. The van der Waals surface area contributed by atoms with E-state index in [1.54, 1.807) is 18.2 Å². The molecule has 0 unspecified atom stereocenters. The molecule has 0 aliphatic rings. The van der Waals surface area contributed by atoms with E-state index >= 15 is 0 Å². The van der Waals surface area contributed by atoms with Gasteiger partial charge in [-0.05, 0) is 11.6 Å². The van der Waals surface area contributed by atoms with Crippen molar-refractivity contribution < 1.29 is 5.11 Å². The van der Waals surface area contributed by atoms with Crippen LogP contribution in [0.2, 0.25) is 5.02 Å². The zero-order valence-corrected chi connectivity index (χ0v) is 7.25. The lowest BCUT2D eigenvalue weighted by molar-refractivity contribution is 0.268. The van der Waals surface area contributed by atoms with Crippen LogP contribution in [0.1, 0.15) is 11.6 Å². The Morgan fingerprint density at radius 3 is 2.75 bits per heavy atom. The fraction of sp³-hybridized carbons (Fsp3) is 0.250. The van der Waals surface area contributed by atoms with Gasteiger partial charge in [0.2, 0.25) is 0 Å². The fourth-order valence-electron chi connectivity index (χ4n) is 0.975. The van der Waals surface area contributed by atoms with E-state index in [0.29, 0.717) is 16.3 Å². The molecule has 1 aromatic rings. The summed E-state index contributed by atoms with van der Waals surface area (Å²) >= 11 is 5.75. The van der Waals surface area contributed by atoms with Crippen LogP contribution in [-0.2, 0) is 0 Å². The van der Waals surface area contributed by atoms with Crippen LogP contribution >= 0.6 is 11.6 Å². The van der Waals surface area contributed by atoms with Gasteiger partial charge in [-0.2, -0.15) is 0 Å². The van der Waals surface area contributed by atoms with Gasteiger partial charge in [-0.3, -0.25) is 0 Å². The first-order valence-corrected chi connectivity index (χ1v) is 3.95. The molecule has 3 nitrogen and oxygen atoms in total. The summed E-state index contributed by atoms with van der Waals surface area (Å²) < 4.78 is 0. The lowest BCUT2D eigenvalue weighted by Gasteiger charge is -2.11. The number of para-hydroxylation sites is 1. The van der Waals surface area contributed by atoms with E-state index in [1.165, 1.54) is 0 Å². The molecular weight excluding hydrogens is 176 g/mol. The second-order valence-corrected chi connectivity index (χ2v) is 2.94. The lowest BCUT2D eigenvalue weighted by Crippen LogP contribution is -2.16. The minimum atomic E-state index is -0.455. The molecular formula is C8H11ClN2O. The van der Waals surface area contributed by atoms with Gasteiger partial charge in [0.25, 0.3) is 0 Å². The van der Waals surface area contributed by atoms with Gasteiger partial charge in [-0.15, -0.1) is 0 Å². The summed E-state index contributed by atoms with van der Waals surface area (Å²) in [6.45, 7) is -0.134. The molecule has 0 bridgehead atoms. The van der Waals surface area contributed by atoms with Crippen LogP contribution < -0.4 is 11.5 Å². The Morgan fingerprint density at radius 1 is 1.50 bits per heavy atom. The smallest absolute Gasteiger partial charge is 0.0638 e. The van der Waals surface area contributed by atoms with Crippen LogP contribution in [0.4, 0.5) is 5.69 Å². The van der Waals surface area contributed by atoms with E-state index in [2.05, 4.69) is 0 Å². The number of halogens is 1. The number of aliphatic hydroxyl groups is 1. The number of anilines is 1. The summed E-state index contributed by atoms with van der Waals surface area (Å²) in [5, 5.41) is 9.25.